The fraction of sp³-hybridized carbons (Fsp3) is 0.471. The van der Waals surface area contributed by atoms with Gasteiger partial charge < -0.3 is 24.3 Å². The Balaban J connectivity index is 1.47. The molecule has 2 saturated heterocycles. The lowest BCUT2D eigenvalue weighted by Gasteiger charge is -2.36. The molecular weight excluding hydrogens is 322 g/mol. The van der Waals surface area contributed by atoms with Gasteiger partial charge >= 0.3 is 6.03 Å². The van der Waals surface area contributed by atoms with Crippen molar-refractivity contribution in [3.8, 4) is 0 Å². The third kappa shape index (κ3) is 2.82. The van der Waals surface area contributed by atoms with Crippen LogP contribution in [0.5, 0.6) is 0 Å². The van der Waals surface area contributed by atoms with E-state index in [-0.39, 0.29) is 24.0 Å². The molecule has 2 atom stereocenters. The molecule has 2 fully saturated rings. The largest absolute Gasteiger partial charge is 0.383 e. The van der Waals surface area contributed by atoms with Crippen LogP contribution in [0.1, 0.15) is 16.8 Å². The first-order valence-electron chi connectivity index (χ1n) is 8.44. The standard InChI is InChI=1S/C17H21N5O3/c1-25-7-6-22-15-4-5-20(10-14(15)19-17(22)24)16(23)12-2-3-13-8-18-11-21(13)9-12/h2-3,8-9,11,14-15H,4-7,10H2,1H3,(H,19,24)/t14-,15+/m0/s1. The summed E-state index contributed by atoms with van der Waals surface area (Å²) in [5.41, 5.74) is 1.58. The van der Waals surface area contributed by atoms with Crippen LogP contribution in [0, 0.1) is 0 Å². The van der Waals surface area contributed by atoms with Crippen LogP contribution < -0.4 is 5.32 Å². The van der Waals surface area contributed by atoms with E-state index in [1.807, 2.05) is 26.3 Å². The number of hydrogen-bond acceptors (Lipinski definition) is 4. The number of nitrogens with zero attached hydrogens (tertiary/aromatic N) is 4. The van der Waals surface area contributed by atoms with Gasteiger partial charge in [0.25, 0.3) is 5.91 Å². The lowest BCUT2D eigenvalue weighted by atomic mass is 9.99. The van der Waals surface area contributed by atoms with Gasteiger partial charge in [-0.05, 0) is 18.6 Å². The fourth-order valence-corrected chi connectivity index (χ4v) is 3.72. The summed E-state index contributed by atoms with van der Waals surface area (Å²) < 4.78 is 6.92. The lowest BCUT2D eigenvalue weighted by molar-refractivity contribution is 0.0641. The average molecular weight is 343 g/mol. The van der Waals surface area contributed by atoms with Crippen molar-refractivity contribution in [1.82, 2.24) is 24.5 Å². The quantitative estimate of drug-likeness (QED) is 0.881. The predicted octanol–water partition coefficient (Wildman–Crippen LogP) is 0.589. The van der Waals surface area contributed by atoms with Crippen molar-refractivity contribution in [2.45, 2.75) is 18.5 Å². The molecule has 8 heteroatoms. The number of piperidine rings is 1. The normalized spacial score (nSPS) is 23.0. The van der Waals surface area contributed by atoms with Crippen molar-refractivity contribution in [3.05, 3.63) is 36.4 Å². The van der Waals surface area contributed by atoms with Gasteiger partial charge in [-0.3, -0.25) is 4.79 Å². The highest BCUT2D eigenvalue weighted by Crippen LogP contribution is 2.24. The van der Waals surface area contributed by atoms with Crippen LogP contribution in [0.4, 0.5) is 4.79 Å². The van der Waals surface area contributed by atoms with Gasteiger partial charge in [-0.25, -0.2) is 9.78 Å². The summed E-state index contributed by atoms with van der Waals surface area (Å²) in [6, 6.07) is 3.74. The number of nitrogens with one attached hydrogen (secondary N) is 1. The molecule has 8 nitrogen and oxygen atoms in total. The van der Waals surface area contributed by atoms with E-state index in [1.54, 1.807) is 25.8 Å². The zero-order valence-electron chi connectivity index (χ0n) is 14.1. The second kappa shape index (κ2) is 6.36. The maximum Gasteiger partial charge on any atom is 0.318 e. The Morgan fingerprint density at radius 3 is 3.16 bits per heavy atom. The zero-order valence-corrected chi connectivity index (χ0v) is 14.1. The number of carbonyl (C=O) groups is 2. The highest BCUT2D eigenvalue weighted by atomic mass is 16.5. The minimum atomic E-state index is -0.0683. The number of pyridine rings is 1. The molecule has 0 spiro atoms. The van der Waals surface area contributed by atoms with E-state index in [0.717, 1.165) is 11.9 Å². The molecule has 4 heterocycles. The molecule has 3 amide bonds. The summed E-state index contributed by atoms with van der Waals surface area (Å²) in [5.74, 6) is -0.0151. The molecule has 2 aromatic heterocycles. The molecule has 132 valence electrons. The second-order valence-electron chi connectivity index (χ2n) is 6.49. The van der Waals surface area contributed by atoms with Gasteiger partial charge in [-0.1, -0.05) is 0 Å². The Morgan fingerprint density at radius 2 is 2.32 bits per heavy atom. The summed E-state index contributed by atoms with van der Waals surface area (Å²) >= 11 is 0. The molecule has 2 aliphatic rings. The van der Waals surface area contributed by atoms with Crippen LogP contribution in [0.3, 0.4) is 0 Å². The number of likely N-dealkylation sites (tertiary alicyclic amines) is 1. The first-order chi connectivity index (χ1) is 12.2. The summed E-state index contributed by atoms with van der Waals surface area (Å²) in [5, 5.41) is 3.00. The molecule has 25 heavy (non-hydrogen) atoms. The second-order valence-corrected chi connectivity index (χ2v) is 6.49. The van der Waals surface area contributed by atoms with Crippen molar-refractivity contribution in [3.63, 3.8) is 0 Å². The number of fused-ring (bicyclic) bond motifs is 2. The highest BCUT2D eigenvalue weighted by molar-refractivity contribution is 5.94. The number of urea groups is 1. The molecule has 0 saturated carbocycles. The third-order valence-electron chi connectivity index (χ3n) is 5.02. The van der Waals surface area contributed by atoms with Crippen LogP contribution in [0.25, 0.3) is 5.52 Å². The molecule has 2 aliphatic heterocycles. The van der Waals surface area contributed by atoms with Gasteiger partial charge in [0, 0.05) is 32.9 Å². The van der Waals surface area contributed by atoms with Gasteiger partial charge in [0.2, 0.25) is 0 Å². The Labute approximate surface area is 145 Å². The van der Waals surface area contributed by atoms with E-state index in [4.69, 9.17) is 4.74 Å². The molecule has 0 unspecified atom stereocenters. The van der Waals surface area contributed by atoms with E-state index < -0.39 is 0 Å². The van der Waals surface area contributed by atoms with Crippen molar-refractivity contribution in [2.24, 2.45) is 0 Å². The van der Waals surface area contributed by atoms with Crippen molar-refractivity contribution < 1.29 is 14.3 Å². The number of methoxy groups -OCH3 is 1. The van der Waals surface area contributed by atoms with Crippen LogP contribution >= 0.6 is 0 Å². The molecule has 2 aromatic rings. The zero-order chi connectivity index (χ0) is 17.4. The predicted molar refractivity (Wildman–Crippen MR) is 90.4 cm³/mol. The third-order valence-corrected chi connectivity index (χ3v) is 5.02. The van der Waals surface area contributed by atoms with Crippen molar-refractivity contribution in [1.29, 1.82) is 0 Å². The van der Waals surface area contributed by atoms with Gasteiger partial charge in [-0.15, -0.1) is 0 Å². The Bertz CT molecular complexity index is 804. The van der Waals surface area contributed by atoms with Crippen LogP contribution in [0.2, 0.25) is 0 Å². The summed E-state index contributed by atoms with van der Waals surface area (Å²) in [6.07, 6.45) is 6.01. The van der Waals surface area contributed by atoms with Crippen LogP contribution in [-0.4, -0.2) is 76.6 Å². The maximum atomic E-state index is 12.8. The van der Waals surface area contributed by atoms with Gasteiger partial charge in [0.15, 0.2) is 0 Å². The van der Waals surface area contributed by atoms with Gasteiger partial charge in [0.05, 0.1) is 42.3 Å². The first kappa shape index (κ1) is 15.9. The van der Waals surface area contributed by atoms with Crippen LogP contribution in [-0.2, 0) is 4.74 Å². The smallest absolute Gasteiger partial charge is 0.318 e. The molecule has 4 rings (SSSR count). The summed E-state index contributed by atoms with van der Waals surface area (Å²) in [6.45, 7) is 2.26. The van der Waals surface area contributed by atoms with E-state index >= 15 is 0 Å². The number of rotatable bonds is 4. The Hall–Kier alpha value is -2.61. The van der Waals surface area contributed by atoms with Crippen molar-refractivity contribution in [2.75, 3.05) is 33.4 Å². The summed E-state index contributed by atoms with van der Waals surface area (Å²) in [7, 11) is 1.63. The molecule has 0 aromatic carbocycles. The van der Waals surface area contributed by atoms with Crippen LogP contribution in [0.15, 0.2) is 30.9 Å². The molecule has 1 N–H and O–H groups in total. The average Bonchev–Trinajstić information content (AvgIpc) is 3.21. The fourth-order valence-electron chi connectivity index (χ4n) is 3.72. The minimum absolute atomic E-state index is 0.0151. The number of carbonyl (C=O) groups excluding carboxylic acids is 2. The number of hydrogen-bond donors (Lipinski definition) is 1. The first-order valence-corrected chi connectivity index (χ1v) is 8.44. The van der Waals surface area contributed by atoms with E-state index in [1.165, 1.54) is 0 Å². The number of ether oxygens (including phenoxy) is 1. The molecule has 0 aliphatic carbocycles. The monoisotopic (exact) mass is 343 g/mol. The SMILES string of the molecule is COCCN1C(=O)N[C@H]2CN(C(=O)c3ccc4cncn4c3)CC[C@H]21. The summed E-state index contributed by atoms with van der Waals surface area (Å²) in [4.78, 5) is 32.7. The van der Waals surface area contributed by atoms with E-state index in [0.29, 0.717) is 31.8 Å². The van der Waals surface area contributed by atoms with E-state index in [9.17, 15) is 9.59 Å². The number of imidazole rings is 1. The minimum Gasteiger partial charge on any atom is -0.383 e. The van der Waals surface area contributed by atoms with Crippen molar-refractivity contribution >= 4 is 17.5 Å². The maximum absolute atomic E-state index is 12.8. The number of aromatic nitrogens is 2. The number of amides is 3. The lowest BCUT2D eigenvalue weighted by Crippen LogP contribution is -2.53. The van der Waals surface area contributed by atoms with Gasteiger partial charge in [-0.2, -0.15) is 0 Å². The Kier molecular flexibility index (Phi) is 4.04. The molecule has 0 radical (unpaired) electrons. The molecular formula is C17H21N5O3. The topological polar surface area (TPSA) is 79.2 Å². The molecule has 0 bridgehead atoms. The highest BCUT2D eigenvalue weighted by Gasteiger charge is 2.43. The van der Waals surface area contributed by atoms with Gasteiger partial charge in [0.1, 0.15) is 0 Å². The Morgan fingerprint density at radius 1 is 1.44 bits per heavy atom. The van der Waals surface area contributed by atoms with E-state index in [2.05, 4.69) is 10.3 Å².